The summed E-state index contributed by atoms with van der Waals surface area (Å²) in [5.74, 6) is -1.06. The number of carbonyl (C=O) groups is 2. The number of hydrogen-bond donors (Lipinski definition) is 2. The van der Waals surface area contributed by atoms with Gasteiger partial charge in [-0.3, -0.25) is 4.79 Å². The highest BCUT2D eigenvalue weighted by atomic mass is 16.5. The Kier molecular flexibility index (Phi) is 5.48. The summed E-state index contributed by atoms with van der Waals surface area (Å²) in [6.45, 7) is 1.84. The molecule has 1 aromatic carbocycles. The number of ether oxygens (including phenoxy) is 1. The van der Waals surface area contributed by atoms with Crippen LogP contribution in [0, 0.1) is 6.92 Å². The number of aliphatic carboxylic acids is 1. The Morgan fingerprint density at radius 2 is 2.04 bits per heavy atom. The third kappa shape index (κ3) is 4.17. The van der Waals surface area contributed by atoms with E-state index in [1.54, 1.807) is 6.92 Å². The maximum Gasteiger partial charge on any atom is 0.326 e. The predicted molar refractivity (Wildman–Crippen MR) is 82.1 cm³/mol. The Hall–Kier alpha value is -2.67. The van der Waals surface area contributed by atoms with Gasteiger partial charge in [0.15, 0.2) is 5.69 Å². The Morgan fingerprint density at radius 3 is 2.65 bits per heavy atom. The first kappa shape index (κ1) is 16.7. The van der Waals surface area contributed by atoms with Gasteiger partial charge in [0.1, 0.15) is 11.8 Å². The summed E-state index contributed by atoms with van der Waals surface area (Å²) in [6, 6.07) is 8.11. The van der Waals surface area contributed by atoms with Gasteiger partial charge in [-0.25, -0.2) is 9.78 Å². The normalized spacial score (nSPS) is 11.9. The fourth-order valence-corrected chi connectivity index (χ4v) is 2.03. The third-order valence-corrected chi connectivity index (χ3v) is 3.25. The Balaban J connectivity index is 2.16. The van der Waals surface area contributed by atoms with Gasteiger partial charge in [-0.05, 0) is 19.1 Å². The molecule has 122 valence electrons. The molecular formula is C16H18N2O5. The molecule has 0 spiro atoms. The highest BCUT2D eigenvalue weighted by Crippen LogP contribution is 2.21. The molecule has 0 aliphatic carbocycles. The molecular weight excluding hydrogens is 300 g/mol. The summed E-state index contributed by atoms with van der Waals surface area (Å²) in [4.78, 5) is 27.6. The number of oxazole rings is 1. The Labute approximate surface area is 133 Å². The van der Waals surface area contributed by atoms with E-state index in [1.165, 1.54) is 7.11 Å². The molecule has 0 saturated heterocycles. The molecule has 2 N–H and O–H groups in total. The van der Waals surface area contributed by atoms with Crippen molar-refractivity contribution >= 4 is 11.9 Å². The molecule has 1 unspecified atom stereocenters. The maximum atomic E-state index is 12.3. The maximum absolute atomic E-state index is 12.3. The average molecular weight is 318 g/mol. The van der Waals surface area contributed by atoms with E-state index < -0.39 is 17.9 Å². The second kappa shape index (κ2) is 7.55. The van der Waals surface area contributed by atoms with Crippen molar-refractivity contribution in [3.8, 4) is 11.5 Å². The number of nitrogens with one attached hydrogen (secondary N) is 1. The number of hydrogen-bond acceptors (Lipinski definition) is 5. The van der Waals surface area contributed by atoms with Crippen molar-refractivity contribution in [1.29, 1.82) is 0 Å². The number of aryl methyl sites for hydroxylation is 1. The Bertz CT molecular complexity index is 681. The van der Waals surface area contributed by atoms with Crippen LogP contribution in [0.2, 0.25) is 0 Å². The van der Waals surface area contributed by atoms with Crippen molar-refractivity contribution in [3.63, 3.8) is 0 Å². The van der Waals surface area contributed by atoms with Gasteiger partial charge in [0.25, 0.3) is 5.91 Å². The summed E-state index contributed by atoms with van der Waals surface area (Å²) < 4.78 is 10.3. The second-order valence-corrected chi connectivity index (χ2v) is 4.94. The fourth-order valence-electron chi connectivity index (χ4n) is 2.03. The molecule has 0 fully saturated rings. The van der Waals surface area contributed by atoms with Crippen molar-refractivity contribution in [1.82, 2.24) is 10.3 Å². The van der Waals surface area contributed by atoms with Gasteiger partial charge in [0.2, 0.25) is 5.89 Å². The standard InChI is InChI=1S/C16H18N2O5/c1-10-13(14(19)17-12(16(20)21)8-9-22-2)18-15(23-10)11-6-4-3-5-7-11/h3-7,12H,8-9H2,1-2H3,(H,17,19)(H,20,21). The van der Waals surface area contributed by atoms with Crippen LogP contribution in [0.15, 0.2) is 34.7 Å². The number of amides is 1. The van der Waals surface area contributed by atoms with E-state index in [0.717, 1.165) is 5.56 Å². The number of carboxylic acid groups (broad SMARTS) is 1. The molecule has 0 radical (unpaired) electrons. The van der Waals surface area contributed by atoms with Crippen LogP contribution in [0.1, 0.15) is 22.7 Å². The zero-order valence-electron chi connectivity index (χ0n) is 12.9. The number of carboxylic acids is 1. The van der Waals surface area contributed by atoms with Gasteiger partial charge in [0, 0.05) is 25.7 Å². The van der Waals surface area contributed by atoms with Gasteiger partial charge < -0.3 is 19.6 Å². The van der Waals surface area contributed by atoms with E-state index in [-0.39, 0.29) is 18.7 Å². The summed E-state index contributed by atoms with van der Waals surface area (Å²) in [7, 11) is 1.47. The fraction of sp³-hybridized carbons (Fsp3) is 0.312. The first-order valence-corrected chi connectivity index (χ1v) is 7.08. The number of methoxy groups -OCH3 is 1. The molecule has 1 heterocycles. The predicted octanol–water partition coefficient (Wildman–Crippen LogP) is 1.87. The lowest BCUT2D eigenvalue weighted by atomic mass is 10.2. The van der Waals surface area contributed by atoms with Gasteiger partial charge in [-0.2, -0.15) is 0 Å². The monoisotopic (exact) mass is 318 g/mol. The van der Waals surface area contributed by atoms with Gasteiger partial charge in [0.05, 0.1) is 0 Å². The van der Waals surface area contributed by atoms with Crippen molar-refractivity contribution in [3.05, 3.63) is 41.8 Å². The molecule has 0 saturated carbocycles. The number of benzene rings is 1. The molecule has 0 bridgehead atoms. The summed E-state index contributed by atoms with van der Waals surface area (Å²) in [6.07, 6.45) is 0.167. The quantitative estimate of drug-likeness (QED) is 0.808. The van der Waals surface area contributed by atoms with Crippen LogP contribution < -0.4 is 5.32 Å². The summed E-state index contributed by atoms with van der Waals surface area (Å²) in [5, 5.41) is 11.6. The highest BCUT2D eigenvalue weighted by molar-refractivity contribution is 5.96. The van der Waals surface area contributed by atoms with E-state index in [9.17, 15) is 9.59 Å². The minimum atomic E-state index is -1.13. The van der Waals surface area contributed by atoms with Gasteiger partial charge >= 0.3 is 5.97 Å². The van der Waals surface area contributed by atoms with Crippen molar-refractivity contribution in [2.75, 3.05) is 13.7 Å². The topological polar surface area (TPSA) is 102 Å². The van der Waals surface area contributed by atoms with Crippen LogP contribution in [0.4, 0.5) is 0 Å². The number of carbonyl (C=O) groups excluding carboxylic acids is 1. The molecule has 7 nitrogen and oxygen atoms in total. The molecule has 2 rings (SSSR count). The molecule has 1 atom stereocenters. The Morgan fingerprint density at radius 1 is 1.35 bits per heavy atom. The lowest BCUT2D eigenvalue weighted by Crippen LogP contribution is -2.41. The van der Waals surface area contributed by atoms with Crippen LogP contribution >= 0.6 is 0 Å². The van der Waals surface area contributed by atoms with E-state index in [4.69, 9.17) is 14.3 Å². The smallest absolute Gasteiger partial charge is 0.326 e. The molecule has 0 aliphatic heterocycles. The molecule has 1 aromatic heterocycles. The molecule has 7 heteroatoms. The largest absolute Gasteiger partial charge is 0.480 e. The van der Waals surface area contributed by atoms with Gasteiger partial charge in [-0.15, -0.1) is 0 Å². The van der Waals surface area contributed by atoms with Crippen LogP contribution in [0.5, 0.6) is 0 Å². The van der Waals surface area contributed by atoms with Crippen molar-refractivity contribution in [2.24, 2.45) is 0 Å². The lowest BCUT2D eigenvalue weighted by molar-refractivity contribution is -0.139. The van der Waals surface area contributed by atoms with Crippen LogP contribution in [0.25, 0.3) is 11.5 Å². The first-order valence-electron chi connectivity index (χ1n) is 7.08. The second-order valence-electron chi connectivity index (χ2n) is 4.94. The van der Waals surface area contributed by atoms with Crippen molar-refractivity contribution < 1.29 is 23.8 Å². The highest BCUT2D eigenvalue weighted by Gasteiger charge is 2.24. The van der Waals surface area contributed by atoms with Crippen molar-refractivity contribution in [2.45, 2.75) is 19.4 Å². The average Bonchev–Trinajstić information content (AvgIpc) is 2.94. The van der Waals surface area contributed by atoms with Crippen LogP contribution in [0.3, 0.4) is 0 Å². The minimum absolute atomic E-state index is 0.0764. The molecule has 2 aromatic rings. The number of rotatable bonds is 7. The van der Waals surface area contributed by atoms with Crippen LogP contribution in [-0.4, -0.2) is 41.7 Å². The summed E-state index contributed by atoms with van der Waals surface area (Å²) in [5.41, 5.74) is 0.816. The summed E-state index contributed by atoms with van der Waals surface area (Å²) >= 11 is 0. The van der Waals surface area contributed by atoms with E-state index in [0.29, 0.717) is 11.7 Å². The number of aromatic nitrogens is 1. The third-order valence-electron chi connectivity index (χ3n) is 3.25. The van der Waals surface area contributed by atoms with Gasteiger partial charge in [-0.1, -0.05) is 18.2 Å². The zero-order valence-corrected chi connectivity index (χ0v) is 12.9. The minimum Gasteiger partial charge on any atom is -0.480 e. The van der Waals surface area contributed by atoms with E-state index >= 15 is 0 Å². The zero-order chi connectivity index (χ0) is 16.8. The van der Waals surface area contributed by atoms with E-state index in [2.05, 4.69) is 10.3 Å². The van der Waals surface area contributed by atoms with E-state index in [1.807, 2.05) is 30.3 Å². The SMILES string of the molecule is COCCC(NC(=O)c1nc(-c2ccccc2)oc1C)C(=O)O. The molecule has 1 amide bonds. The molecule has 0 aliphatic rings. The van der Waals surface area contributed by atoms with Crippen LogP contribution in [-0.2, 0) is 9.53 Å². The molecule has 23 heavy (non-hydrogen) atoms. The lowest BCUT2D eigenvalue weighted by Gasteiger charge is -2.13. The first-order chi connectivity index (χ1) is 11.0. The number of nitrogens with zero attached hydrogens (tertiary/aromatic N) is 1.